The Bertz CT molecular complexity index is 1110. The van der Waals surface area contributed by atoms with Gasteiger partial charge in [0.25, 0.3) is 5.56 Å². The summed E-state index contributed by atoms with van der Waals surface area (Å²) in [5, 5.41) is 12.2. The zero-order valence-electron chi connectivity index (χ0n) is 15.4. The van der Waals surface area contributed by atoms with Crippen LogP contribution in [0, 0.1) is 0 Å². The van der Waals surface area contributed by atoms with Gasteiger partial charge in [0.05, 0.1) is 21.7 Å². The van der Waals surface area contributed by atoms with Gasteiger partial charge in [-0.05, 0) is 44.2 Å². The first kappa shape index (κ1) is 19.6. The highest BCUT2D eigenvalue weighted by Gasteiger charge is 2.19. The molecule has 1 aromatic heterocycles. The van der Waals surface area contributed by atoms with Gasteiger partial charge < -0.3 is 10.4 Å². The molecular formula is C20H19N3O4S. The van der Waals surface area contributed by atoms with Crippen molar-refractivity contribution in [3.63, 3.8) is 0 Å². The first-order valence-electron chi connectivity index (χ1n) is 8.71. The molecule has 0 aliphatic rings. The smallest absolute Gasteiger partial charge is 0.335 e. The van der Waals surface area contributed by atoms with Crippen LogP contribution in [0.2, 0.25) is 0 Å². The van der Waals surface area contributed by atoms with Gasteiger partial charge in [0.2, 0.25) is 5.91 Å². The number of hydrogen-bond donors (Lipinski definition) is 2. The van der Waals surface area contributed by atoms with Gasteiger partial charge in [-0.1, -0.05) is 30.0 Å². The predicted octanol–water partition coefficient (Wildman–Crippen LogP) is 3.23. The molecular weight excluding hydrogens is 378 g/mol. The maximum Gasteiger partial charge on any atom is 0.335 e. The second kappa shape index (κ2) is 8.26. The van der Waals surface area contributed by atoms with Crippen LogP contribution >= 0.6 is 11.8 Å². The van der Waals surface area contributed by atoms with Gasteiger partial charge in [-0.2, -0.15) is 0 Å². The monoisotopic (exact) mass is 397 g/mol. The third-order valence-corrected chi connectivity index (χ3v) is 5.26. The number of aromatic nitrogens is 2. The molecule has 2 aromatic carbocycles. The Balaban J connectivity index is 1.83. The molecule has 7 nitrogen and oxygen atoms in total. The first-order valence-corrected chi connectivity index (χ1v) is 9.59. The van der Waals surface area contributed by atoms with E-state index in [1.54, 1.807) is 41.8 Å². The summed E-state index contributed by atoms with van der Waals surface area (Å²) in [6.45, 7) is 4.00. The molecule has 0 radical (unpaired) electrons. The third-order valence-electron chi connectivity index (χ3n) is 4.17. The predicted molar refractivity (Wildman–Crippen MR) is 109 cm³/mol. The van der Waals surface area contributed by atoms with Gasteiger partial charge >= 0.3 is 5.97 Å². The van der Waals surface area contributed by atoms with Crippen LogP contribution in [-0.2, 0) is 11.3 Å². The number of para-hydroxylation sites is 1. The molecule has 0 spiro atoms. The summed E-state index contributed by atoms with van der Waals surface area (Å²) in [7, 11) is 0. The highest BCUT2D eigenvalue weighted by molar-refractivity contribution is 8.00. The Hall–Kier alpha value is -3.13. The summed E-state index contributed by atoms with van der Waals surface area (Å²) in [5.74, 6) is -1.37. The van der Waals surface area contributed by atoms with Crippen LogP contribution in [0.15, 0.2) is 58.5 Å². The Labute approximate surface area is 165 Å². The summed E-state index contributed by atoms with van der Waals surface area (Å²) in [6, 6.07) is 13.1. The first-order chi connectivity index (χ1) is 13.4. The molecule has 0 saturated heterocycles. The minimum Gasteiger partial charge on any atom is -0.478 e. The Morgan fingerprint density at radius 1 is 1.21 bits per heavy atom. The molecule has 3 aromatic rings. The van der Waals surface area contributed by atoms with Crippen LogP contribution in [0.5, 0.6) is 0 Å². The van der Waals surface area contributed by atoms with Crippen molar-refractivity contribution < 1.29 is 14.7 Å². The van der Waals surface area contributed by atoms with E-state index in [1.165, 1.54) is 23.9 Å². The van der Waals surface area contributed by atoms with Gasteiger partial charge in [-0.25, -0.2) is 9.78 Å². The number of carbonyl (C=O) groups excluding carboxylic acids is 1. The number of aromatic carboxylic acids is 1. The lowest BCUT2D eigenvalue weighted by molar-refractivity contribution is -0.115. The molecule has 3 rings (SSSR count). The molecule has 1 amide bonds. The number of carboxylic acid groups (broad SMARTS) is 1. The van der Waals surface area contributed by atoms with E-state index in [4.69, 9.17) is 5.11 Å². The SMILES string of the molecule is CCn1c(SC(C)C(=O)Nc2cccc(C(=O)O)c2)nc2ccccc2c1=O. The van der Waals surface area contributed by atoms with E-state index in [-0.39, 0.29) is 17.0 Å². The molecule has 0 fully saturated rings. The average Bonchev–Trinajstić information content (AvgIpc) is 2.68. The summed E-state index contributed by atoms with van der Waals surface area (Å²) < 4.78 is 1.54. The van der Waals surface area contributed by atoms with Gasteiger partial charge in [-0.3, -0.25) is 14.2 Å². The fourth-order valence-electron chi connectivity index (χ4n) is 2.70. The van der Waals surface area contributed by atoms with Crippen molar-refractivity contribution in [1.29, 1.82) is 0 Å². The van der Waals surface area contributed by atoms with Crippen LogP contribution in [0.4, 0.5) is 5.69 Å². The lowest BCUT2D eigenvalue weighted by atomic mass is 10.2. The van der Waals surface area contributed by atoms with Crippen molar-refractivity contribution >= 4 is 40.2 Å². The number of hydrogen-bond acceptors (Lipinski definition) is 5. The topological polar surface area (TPSA) is 101 Å². The summed E-state index contributed by atoms with van der Waals surface area (Å²) in [5.41, 5.74) is 0.935. The molecule has 1 heterocycles. The minimum absolute atomic E-state index is 0.0918. The Morgan fingerprint density at radius 2 is 1.96 bits per heavy atom. The molecule has 0 saturated carbocycles. The average molecular weight is 397 g/mol. The normalized spacial score (nSPS) is 11.9. The molecule has 144 valence electrons. The number of rotatable bonds is 6. The van der Waals surface area contributed by atoms with Crippen LogP contribution in [0.25, 0.3) is 10.9 Å². The van der Waals surface area contributed by atoms with Crippen molar-refractivity contribution in [2.45, 2.75) is 30.8 Å². The molecule has 1 unspecified atom stereocenters. The summed E-state index contributed by atoms with van der Waals surface area (Å²) in [4.78, 5) is 40.8. The zero-order valence-corrected chi connectivity index (χ0v) is 16.2. The van der Waals surface area contributed by atoms with Gasteiger partial charge in [0.15, 0.2) is 5.16 Å². The van der Waals surface area contributed by atoms with Crippen LogP contribution in [0.3, 0.4) is 0 Å². The van der Waals surface area contributed by atoms with E-state index in [2.05, 4.69) is 10.3 Å². The maximum absolute atomic E-state index is 12.7. The van der Waals surface area contributed by atoms with Crippen LogP contribution < -0.4 is 10.9 Å². The second-order valence-corrected chi connectivity index (χ2v) is 7.40. The van der Waals surface area contributed by atoms with E-state index >= 15 is 0 Å². The Morgan fingerprint density at radius 3 is 2.68 bits per heavy atom. The molecule has 2 N–H and O–H groups in total. The number of carbonyl (C=O) groups is 2. The fraction of sp³-hybridized carbons (Fsp3) is 0.200. The van der Waals surface area contributed by atoms with Gasteiger partial charge in [0.1, 0.15) is 0 Å². The Kier molecular flexibility index (Phi) is 5.79. The molecule has 0 aliphatic carbocycles. The summed E-state index contributed by atoms with van der Waals surface area (Å²) in [6.07, 6.45) is 0. The van der Waals surface area contributed by atoms with E-state index in [0.29, 0.717) is 28.3 Å². The third kappa shape index (κ3) is 4.07. The number of benzene rings is 2. The van der Waals surface area contributed by atoms with E-state index in [0.717, 1.165) is 0 Å². The number of nitrogens with zero attached hydrogens (tertiary/aromatic N) is 2. The lowest BCUT2D eigenvalue weighted by Gasteiger charge is -2.15. The number of carboxylic acids is 1. The number of amides is 1. The lowest BCUT2D eigenvalue weighted by Crippen LogP contribution is -2.26. The number of thioether (sulfide) groups is 1. The molecule has 0 bridgehead atoms. The van der Waals surface area contributed by atoms with E-state index < -0.39 is 11.2 Å². The summed E-state index contributed by atoms with van der Waals surface area (Å²) >= 11 is 1.19. The van der Waals surface area contributed by atoms with Crippen molar-refractivity contribution in [3.05, 3.63) is 64.4 Å². The van der Waals surface area contributed by atoms with Crippen LogP contribution in [0.1, 0.15) is 24.2 Å². The molecule has 0 aliphatic heterocycles. The highest BCUT2D eigenvalue weighted by atomic mass is 32.2. The molecule has 1 atom stereocenters. The van der Waals surface area contributed by atoms with Crippen molar-refractivity contribution in [1.82, 2.24) is 9.55 Å². The number of anilines is 1. The zero-order chi connectivity index (χ0) is 20.3. The van der Waals surface area contributed by atoms with Crippen LogP contribution in [-0.4, -0.2) is 31.8 Å². The second-order valence-electron chi connectivity index (χ2n) is 6.10. The fourth-order valence-corrected chi connectivity index (χ4v) is 3.67. The van der Waals surface area contributed by atoms with Crippen molar-refractivity contribution in [3.8, 4) is 0 Å². The maximum atomic E-state index is 12.7. The van der Waals surface area contributed by atoms with Crippen molar-refractivity contribution in [2.24, 2.45) is 0 Å². The molecule has 28 heavy (non-hydrogen) atoms. The standard InChI is InChI=1S/C20H19N3O4S/c1-3-23-18(25)15-9-4-5-10-16(15)22-20(23)28-12(2)17(24)21-14-8-6-7-13(11-14)19(26)27/h4-12H,3H2,1-2H3,(H,21,24)(H,26,27). The van der Waals surface area contributed by atoms with Crippen molar-refractivity contribution in [2.75, 3.05) is 5.32 Å². The highest BCUT2D eigenvalue weighted by Crippen LogP contribution is 2.24. The van der Waals surface area contributed by atoms with E-state index in [1.807, 2.05) is 13.0 Å². The van der Waals surface area contributed by atoms with Gasteiger partial charge in [-0.15, -0.1) is 0 Å². The largest absolute Gasteiger partial charge is 0.478 e. The quantitative estimate of drug-likeness (QED) is 0.489. The van der Waals surface area contributed by atoms with E-state index in [9.17, 15) is 14.4 Å². The minimum atomic E-state index is -1.06. The number of nitrogens with one attached hydrogen (secondary N) is 1. The number of fused-ring (bicyclic) bond motifs is 1. The molecule has 8 heteroatoms. The van der Waals surface area contributed by atoms with Gasteiger partial charge in [0, 0.05) is 12.2 Å².